The van der Waals surface area contributed by atoms with Gasteiger partial charge in [-0.1, -0.05) is 6.07 Å². The predicted octanol–water partition coefficient (Wildman–Crippen LogP) is 1.56. The molecule has 0 aliphatic rings. The van der Waals surface area contributed by atoms with Crippen molar-refractivity contribution < 1.29 is 4.79 Å². The number of unbranched alkanes of at least 4 members (excludes halogenated alkanes) is 1. The van der Waals surface area contributed by atoms with Crippen LogP contribution in [0.4, 0.5) is 0 Å². The van der Waals surface area contributed by atoms with E-state index in [0.717, 1.165) is 36.6 Å². The number of carbonyl (C=O) groups excluding carboxylic acids is 1. The number of nitrogens with zero attached hydrogens (tertiary/aromatic N) is 1. The number of pyridine rings is 1. The Morgan fingerprint density at radius 2 is 2.28 bits per heavy atom. The van der Waals surface area contributed by atoms with Gasteiger partial charge in [0.15, 0.2) is 0 Å². The average molecular weight is 267 g/mol. The third-order valence-electron chi connectivity index (χ3n) is 2.40. The maximum atomic E-state index is 11.4. The molecule has 0 saturated carbocycles. The topological polar surface area (TPSA) is 68.0 Å². The van der Waals surface area contributed by atoms with E-state index in [1.165, 1.54) is 0 Å². The Balaban J connectivity index is 1.99. The van der Waals surface area contributed by atoms with Crippen LogP contribution in [0.2, 0.25) is 0 Å². The van der Waals surface area contributed by atoms with Crippen LogP contribution in [0.3, 0.4) is 0 Å². The van der Waals surface area contributed by atoms with Crippen LogP contribution >= 0.6 is 11.8 Å². The highest BCUT2D eigenvalue weighted by Crippen LogP contribution is 2.10. The molecule has 0 aromatic carbocycles. The highest BCUT2D eigenvalue weighted by atomic mass is 32.2. The summed E-state index contributed by atoms with van der Waals surface area (Å²) in [4.78, 5) is 15.7. The Hall–Kier alpha value is -1.07. The van der Waals surface area contributed by atoms with Crippen molar-refractivity contribution in [2.24, 2.45) is 5.73 Å². The van der Waals surface area contributed by atoms with Crippen molar-refractivity contribution in [3.8, 4) is 0 Å². The zero-order valence-electron chi connectivity index (χ0n) is 10.6. The van der Waals surface area contributed by atoms with Crippen LogP contribution in [-0.2, 0) is 10.5 Å². The lowest BCUT2D eigenvalue weighted by Gasteiger charge is -2.04. The summed E-state index contributed by atoms with van der Waals surface area (Å²) in [5.74, 6) is 1.82. The first-order chi connectivity index (χ1) is 8.83. The highest BCUT2D eigenvalue weighted by molar-refractivity contribution is 7.98. The number of nitrogens with one attached hydrogen (secondary N) is 1. The van der Waals surface area contributed by atoms with Gasteiger partial charge in [0, 0.05) is 30.7 Å². The SMILES string of the molecule is NCCCCNC(=O)CCSCc1ccccn1. The summed E-state index contributed by atoms with van der Waals surface area (Å²) in [6.07, 6.45) is 4.29. The minimum absolute atomic E-state index is 0.126. The molecule has 0 saturated heterocycles. The number of aromatic nitrogens is 1. The van der Waals surface area contributed by atoms with E-state index in [0.29, 0.717) is 13.0 Å². The number of rotatable bonds is 9. The molecule has 5 heteroatoms. The predicted molar refractivity (Wildman–Crippen MR) is 76.3 cm³/mol. The molecule has 0 bridgehead atoms. The van der Waals surface area contributed by atoms with Gasteiger partial charge in [0.25, 0.3) is 0 Å². The van der Waals surface area contributed by atoms with Crippen LogP contribution in [0.25, 0.3) is 0 Å². The van der Waals surface area contributed by atoms with Crippen LogP contribution in [0.1, 0.15) is 25.0 Å². The Labute approximate surface area is 113 Å². The normalized spacial score (nSPS) is 10.3. The first-order valence-electron chi connectivity index (χ1n) is 6.27. The second kappa shape index (κ2) is 9.91. The second-order valence-electron chi connectivity index (χ2n) is 3.97. The lowest BCUT2D eigenvalue weighted by atomic mass is 10.3. The molecule has 100 valence electrons. The average Bonchev–Trinajstić information content (AvgIpc) is 2.41. The molecule has 3 N–H and O–H groups in total. The van der Waals surface area contributed by atoms with Gasteiger partial charge in [-0.3, -0.25) is 9.78 Å². The van der Waals surface area contributed by atoms with Gasteiger partial charge in [-0.15, -0.1) is 0 Å². The molecular weight excluding hydrogens is 246 g/mol. The van der Waals surface area contributed by atoms with Gasteiger partial charge >= 0.3 is 0 Å². The molecule has 0 atom stereocenters. The van der Waals surface area contributed by atoms with E-state index in [4.69, 9.17) is 5.73 Å². The quantitative estimate of drug-likeness (QED) is 0.666. The molecule has 1 aromatic heterocycles. The van der Waals surface area contributed by atoms with Gasteiger partial charge in [0.05, 0.1) is 5.69 Å². The molecule has 4 nitrogen and oxygen atoms in total. The number of hydrogen-bond donors (Lipinski definition) is 2. The molecule has 1 amide bonds. The van der Waals surface area contributed by atoms with Crippen molar-refractivity contribution in [3.63, 3.8) is 0 Å². The van der Waals surface area contributed by atoms with Gasteiger partial charge in [-0.25, -0.2) is 0 Å². The summed E-state index contributed by atoms with van der Waals surface area (Å²) in [5, 5.41) is 2.89. The van der Waals surface area contributed by atoms with Crippen molar-refractivity contribution in [1.29, 1.82) is 0 Å². The molecule has 0 fully saturated rings. The Bertz CT molecular complexity index is 332. The largest absolute Gasteiger partial charge is 0.356 e. The van der Waals surface area contributed by atoms with Crippen LogP contribution in [0.5, 0.6) is 0 Å². The highest BCUT2D eigenvalue weighted by Gasteiger charge is 2.01. The number of thioether (sulfide) groups is 1. The fourth-order valence-corrected chi connectivity index (χ4v) is 2.26. The number of hydrogen-bond acceptors (Lipinski definition) is 4. The van der Waals surface area contributed by atoms with E-state index >= 15 is 0 Å². The molecule has 1 heterocycles. The van der Waals surface area contributed by atoms with Crippen LogP contribution in [0.15, 0.2) is 24.4 Å². The minimum Gasteiger partial charge on any atom is -0.356 e. The van der Waals surface area contributed by atoms with Gasteiger partial charge in [0.1, 0.15) is 0 Å². The maximum Gasteiger partial charge on any atom is 0.220 e. The molecular formula is C13H21N3OS. The van der Waals surface area contributed by atoms with E-state index in [-0.39, 0.29) is 5.91 Å². The fourth-order valence-electron chi connectivity index (χ4n) is 1.41. The van der Waals surface area contributed by atoms with Crippen LogP contribution in [-0.4, -0.2) is 29.7 Å². The van der Waals surface area contributed by atoms with Crippen LogP contribution < -0.4 is 11.1 Å². The number of amides is 1. The van der Waals surface area contributed by atoms with Crippen LogP contribution in [0, 0.1) is 0 Å². The molecule has 0 aliphatic carbocycles. The van der Waals surface area contributed by atoms with Gasteiger partial charge in [-0.05, 0) is 31.5 Å². The first kappa shape index (κ1) is 15.0. The lowest BCUT2D eigenvalue weighted by Crippen LogP contribution is -2.25. The third-order valence-corrected chi connectivity index (χ3v) is 3.40. The summed E-state index contributed by atoms with van der Waals surface area (Å²) in [6.45, 7) is 1.43. The number of carbonyl (C=O) groups is 1. The van der Waals surface area contributed by atoms with Crippen molar-refractivity contribution in [2.75, 3.05) is 18.8 Å². The van der Waals surface area contributed by atoms with Crippen molar-refractivity contribution in [2.45, 2.75) is 25.0 Å². The monoisotopic (exact) mass is 267 g/mol. The van der Waals surface area contributed by atoms with Crippen molar-refractivity contribution in [1.82, 2.24) is 10.3 Å². The van der Waals surface area contributed by atoms with E-state index < -0.39 is 0 Å². The molecule has 0 aliphatic heterocycles. The van der Waals surface area contributed by atoms with Crippen molar-refractivity contribution in [3.05, 3.63) is 30.1 Å². The standard InChI is InChI=1S/C13H21N3OS/c14-7-2-4-9-16-13(17)6-10-18-11-12-5-1-3-8-15-12/h1,3,5,8H,2,4,6-7,9-11,14H2,(H,16,17). The Morgan fingerprint density at radius 3 is 3.00 bits per heavy atom. The van der Waals surface area contributed by atoms with Gasteiger partial charge in [0.2, 0.25) is 5.91 Å². The molecule has 18 heavy (non-hydrogen) atoms. The number of nitrogens with two attached hydrogens (primary N) is 1. The zero-order chi connectivity index (χ0) is 13.1. The molecule has 0 spiro atoms. The zero-order valence-corrected chi connectivity index (χ0v) is 11.4. The van der Waals surface area contributed by atoms with Gasteiger partial charge in [-0.2, -0.15) is 11.8 Å². The summed E-state index contributed by atoms with van der Waals surface area (Å²) in [7, 11) is 0. The smallest absolute Gasteiger partial charge is 0.220 e. The van der Waals surface area contributed by atoms with E-state index in [1.807, 2.05) is 18.2 Å². The summed E-state index contributed by atoms with van der Waals surface area (Å²) in [6, 6.07) is 5.88. The summed E-state index contributed by atoms with van der Waals surface area (Å²) >= 11 is 1.74. The van der Waals surface area contributed by atoms with Gasteiger partial charge < -0.3 is 11.1 Å². The summed E-state index contributed by atoms with van der Waals surface area (Å²) in [5.41, 5.74) is 6.44. The molecule has 0 unspecified atom stereocenters. The van der Waals surface area contributed by atoms with E-state index in [2.05, 4.69) is 10.3 Å². The summed E-state index contributed by atoms with van der Waals surface area (Å²) < 4.78 is 0. The first-order valence-corrected chi connectivity index (χ1v) is 7.43. The Kier molecular flexibility index (Phi) is 8.25. The maximum absolute atomic E-state index is 11.4. The second-order valence-corrected chi connectivity index (χ2v) is 5.07. The Morgan fingerprint density at radius 1 is 1.39 bits per heavy atom. The minimum atomic E-state index is 0.126. The molecule has 1 aromatic rings. The van der Waals surface area contributed by atoms with E-state index in [1.54, 1.807) is 18.0 Å². The molecule has 0 radical (unpaired) electrons. The van der Waals surface area contributed by atoms with Crippen molar-refractivity contribution >= 4 is 17.7 Å². The lowest BCUT2D eigenvalue weighted by molar-refractivity contribution is -0.120. The third kappa shape index (κ3) is 7.29. The molecule has 1 rings (SSSR count). The fraction of sp³-hybridized carbons (Fsp3) is 0.538. The van der Waals surface area contributed by atoms with E-state index in [9.17, 15) is 4.79 Å².